The molecule has 226 valence electrons. The summed E-state index contributed by atoms with van der Waals surface area (Å²) in [5.74, 6) is -1.09. The number of hydrogen-bond acceptors (Lipinski definition) is 6. The lowest BCUT2D eigenvalue weighted by Crippen LogP contribution is -2.58. The van der Waals surface area contributed by atoms with E-state index < -0.39 is 11.6 Å². The summed E-state index contributed by atoms with van der Waals surface area (Å²) < 4.78 is 33.1. The van der Waals surface area contributed by atoms with E-state index in [1.54, 1.807) is 0 Å². The average Bonchev–Trinajstić information content (AvgIpc) is 3.38. The molecule has 8 nitrogen and oxygen atoms in total. The van der Waals surface area contributed by atoms with Crippen LogP contribution in [0.2, 0.25) is 0 Å². The number of anilines is 3. The zero-order valence-electron chi connectivity index (χ0n) is 25.6. The van der Waals surface area contributed by atoms with Gasteiger partial charge in [0, 0.05) is 68.3 Å². The average molecular weight is 596 g/mol. The Kier molecular flexibility index (Phi) is 8.69. The Bertz CT molecular complexity index is 1630. The van der Waals surface area contributed by atoms with Crippen molar-refractivity contribution in [2.24, 2.45) is 0 Å². The summed E-state index contributed by atoms with van der Waals surface area (Å²) in [6.45, 7) is 5.19. The van der Waals surface area contributed by atoms with Crippen molar-refractivity contribution in [3.05, 3.63) is 82.9 Å². The molecule has 0 atom stereocenters. The van der Waals surface area contributed by atoms with Gasteiger partial charge in [0.05, 0.1) is 11.1 Å². The van der Waals surface area contributed by atoms with Crippen molar-refractivity contribution in [2.45, 2.75) is 30.5 Å². The van der Waals surface area contributed by atoms with Crippen molar-refractivity contribution < 1.29 is 18.3 Å². The molecule has 1 aromatic heterocycles. The lowest BCUT2D eigenvalue weighted by atomic mass is 9.48. The SMILES string of the molecule is BC(B)(B)N1CCN(c2ccc(C(=O)Nc3n[nH]c4ccc(Cc5cc(F)cc(F)c5)cc34)c(NC3CCOCC3)c2)CC1. The number of carbonyl (C=O) groups is 1. The molecule has 3 aromatic carbocycles. The fourth-order valence-corrected chi connectivity index (χ4v) is 6.13. The topological polar surface area (TPSA) is 85.5 Å². The van der Waals surface area contributed by atoms with Crippen LogP contribution in [0.5, 0.6) is 0 Å². The third-order valence-electron chi connectivity index (χ3n) is 8.61. The molecular weight excluding hydrogens is 559 g/mol. The van der Waals surface area contributed by atoms with E-state index >= 15 is 0 Å². The van der Waals surface area contributed by atoms with Gasteiger partial charge in [-0.2, -0.15) is 5.10 Å². The van der Waals surface area contributed by atoms with Crippen molar-refractivity contribution in [1.29, 1.82) is 0 Å². The molecule has 0 unspecified atom stereocenters. The quantitative estimate of drug-likeness (QED) is 0.270. The molecule has 2 aliphatic heterocycles. The highest BCUT2D eigenvalue weighted by molar-refractivity contribution is 6.59. The molecule has 2 fully saturated rings. The number of benzene rings is 3. The summed E-state index contributed by atoms with van der Waals surface area (Å²) in [5, 5.41) is 14.9. The van der Waals surface area contributed by atoms with Gasteiger partial charge in [-0.05, 0) is 72.9 Å². The molecule has 3 heterocycles. The molecule has 0 bridgehead atoms. The number of H-pyrrole nitrogens is 1. The summed E-state index contributed by atoms with van der Waals surface area (Å²) in [4.78, 5) is 18.7. The highest BCUT2D eigenvalue weighted by atomic mass is 19.1. The summed E-state index contributed by atoms with van der Waals surface area (Å²) >= 11 is 0. The molecule has 44 heavy (non-hydrogen) atoms. The number of hydrogen-bond donors (Lipinski definition) is 3. The molecule has 4 aromatic rings. The number of rotatable bonds is 8. The summed E-state index contributed by atoms with van der Waals surface area (Å²) in [6.07, 6.45) is 2.09. The minimum absolute atomic E-state index is 0.137. The largest absolute Gasteiger partial charge is 0.381 e. The van der Waals surface area contributed by atoms with E-state index in [0.717, 1.165) is 72.9 Å². The van der Waals surface area contributed by atoms with Gasteiger partial charge in [0.2, 0.25) is 0 Å². The van der Waals surface area contributed by atoms with Crippen LogP contribution in [0.1, 0.15) is 34.3 Å². The maximum atomic E-state index is 13.8. The van der Waals surface area contributed by atoms with E-state index in [1.165, 1.54) is 12.1 Å². The smallest absolute Gasteiger partial charge is 0.258 e. The van der Waals surface area contributed by atoms with E-state index in [0.29, 0.717) is 36.6 Å². The van der Waals surface area contributed by atoms with Crippen molar-refractivity contribution in [3.63, 3.8) is 0 Å². The highest BCUT2D eigenvalue weighted by Crippen LogP contribution is 2.30. The summed E-state index contributed by atoms with van der Waals surface area (Å²) in [7, 11) is 6.75. The molecule has 0 spiro atoms. The first-order chi connectivity index (χ1) is 21.1. The summed E-state index contributed by atoms with van der Waals surface area (Å²) in [5.41, 5.74) is 4.54. The van der Waals surface area contributed by atoms with Crippen LogP contribution in [-0.4, -0.2) is 95.2 Å². The molecular formula is C31H37B3F2N6O2. The maximum absolute atomic E-state index is 13.8. The number of fused-ring (bicyclic) bond motifs is 1. The van der Waals surface area contributed by atoms with Gasteiger partial charge in [0.25, 0.3) is 5.91 Å². The van der Waals surface area contributed by atoms with Crippen molar-refractivity contribution >= 4 is 57.5 Å². The van der Waals surface area contributed by atoms with Gasteiger partial charge in [-0.25, -0.2) is 8.78 Å². The van der Waals surface area contributed by atoms with Crippen LogP contribution in [0.15, 0.2) is 54.6 Å². The Morgan fingerprint density at radius 2 is 1.68 bits per heavy atom. The minimum Gasteiger partial charge on any atom is -0.381 e. The lowest BCUT2D eigenvalue weighted by molar-refractivity contribution is 0.0904. The van der Waals surface area contributed by atoms with Crippen LogP contribution in [-0.2, 0) is 11.2 Å². The number of nitrogens with one attached hydrogen (secondary N) is 3. The van der Waals surface area contributed by atoms with Crippen LogP contribution in [0.3, 0.4) is 0 Å². The first-order valence-electron chi connectivity index (χ1n) is 15.3. The van der Waals surface area contributed by atoms with E-state index in [2.05, 4.69) is 60.2 Å². The Balaban J connectivity index is 1.24. The third kappa shape index (κ3) is 6.94. The number of halogens is 2. The monoisotopic (exact) mass is 596 g/mol. The Hall–Kier alpha value is -3.83. The van der Waals surface area contributed by atoms with Crippen LogP contribution >= 0.6 is 0 Å². The molecule has 0 radical (unpaired) electrons. The molecule has 3 N–H and O–H groups in total. The van der Waals surface area contributed by atoms with Gasteiger partial charge < -0.3 is 25.2 Å². The summed E-state index contributed by atoms with van der Waals surface area (Å²) in [6, 6.07) is 15.4. The van der Waals surface area contributed by atoms with Crippen LogP contribution in [0.4, 0.5) is 26.0 Å². The van der Waals surface area contributed by atoms with Crippen LogP contribution < -0.4 is 15.5 Å². The van der Waals surface area contributed by atoms with E-state index in [-0.39, 0.29) is 17.2 Å². The Morgan fingerprint density at radius 3 is 2.39 bits per heavy atom. The molecule has 6 rings (SSSR count). The van der Waals surface area contributed by atoms with Gasteiger partial charge in [-0.15, -0.1) is 0 Å². The number of carbonyl (C=O) groups excluding carboxylic acids is 1. The van der Waals surface area contributed by atoms with Gasteiger partial charge in [-0.1, -0.05) is 11.3 Å². The van der Waals surface area contributed by atoms with Crippen LogP contribution in [0, 0.1) is 11.6 Å². The second kappa shape index (κ2) is 12.7. The number of amides is 1. The Labute approximate surface area is 259 Å². The van der Waals surface area contributed by atoms with E-state index in [9.17, 15) is 13.6 Å². The number of nitrogens with zero attached hydrogens (tertiary/aromatic N) is 3. The predicted molar refractivity (Wildman–Crippen MR) is 179 cm³/mol. The van der Waals surface area contributed by atoms with Crippen molar-refractivity contribution in [1.82, 2.24) is 15.1 Å². The molecule has 1 amide bonds. The van der Waals surface area contributed by atoms with E-state index in [1.807, 2.05) is 30.3 Å². The Morgan fingerprint density at radius 1 is 0.955 bits per heavy atom. The molecule has 0 aliphatic carbocycles. The molecule has 2 aliphatic rings. The fourth-order valence-electron chi connectivity index (χ4n) is 6.13. The van der Waals surface area contributed by atoms with E-state index in [4.69, 9.17) is 4.74 Å². The first kappa shape index (κ1) is 30.2. The highest BCUT2D eigenvalue weighted by Gasteiger charge is 2.27. The van der Waals surface area contributed by atoms with Gasteiger partial charge in [-0.3, -0.25) is 9.89 Å². The second-order valence-electron chi connectivity index (χ2n) is 12.8. The van der Waals surface area contributed by atoms with Crippen LogP contribution in [0.25, 0.3) is 10.9 Å². The van der Waals surface area contributed by atoms with Crippen molar-refractivity contribution in [3.8, 4) is 0 Å². The third-order valence-corrected chi connectivity index (χ3v) is 8.61. The molecule has 0 saturated carbocycles. The minimum atomic E-state index is -0.610. The normalized spacial score (nSPS) is 16.7. The standard InChI is InChI=1S/C31H37B3F2N6O2/c32-31(33,34)42-9-7-41(8-10-42)24-2-3-25(28(18-24)37-23-5-11-44-12-6-23)30(43)38-29-26-16-19(1-4-27(26)39-40-29)13-20-14-21(35)17-22(36)15-20/h1-4,14-18,23,37H,5-13,32-34H2,(H2,38,39,40,43). The number of aromatic nitrogens is 2. The number of aromatic amines is 1. The number of ether oxygens (including phenoxy) is 1. The predicted octanol–water partition coefficient (Wildman–Crippen LogP) is 1.91. The molecule has 2 saturated heterocycles. The number of piperazine rings is 1. The zero-order valence-corrected chi connectivity index (χ0v) is 25.6. The lowest BCUT2D eigenvalue weighted by Gasteiger charge is -2.43. The maximum Gasteiger partial charge on any atom is 0.258 e. The van der Waals surface area contributed by atoms with Gasteiger partial charge in [0.1, 0.15) is 35.2 Å². The van der Waals surface area contributed by atoms with Gasteiger partial charge >= 0.3 is 0 Å². The second-order valence-corrected chi connectivity index (χ2v) is 12.8. The molecule has 13 heteroatoms. The van der Waals surface area contributed by atoms with Crippen molar-refractivity contribution in [2.75, 3.05) is 54.9 Å². The zero-order chi connectivity index (χ0) is 30.8. The van der Waals surface area contributed by atoms with Gasteiger partial charge in [0.15, 0.2) is 5.82 Å². The fraction of sp³-hybridized carbons (Fsp3) is 0.355. The first-order valence-corrected chi connectivity index (χ1v) is 15.3.